The first kappa shape index (κ1) is 23.2. The summed E-state index contributed by atoms with van der Waals surface area (Å²) in [5.41, 5.74) is 2.03. The molecule has 0 radical (unpaired) electrons. The SMILES string of the molecule is Cc1ccccc1CN(C(=O)COc1ccc(Br)cc1Cl)[C@H](C)C(=O)NC(C)C. The Hall–Kier alpha value is -2.05. The highest BCUT2D eigenvalue weighted by Crippen LogP contribution is 2.27. The average molecular weight is 482 g/mol. The number of amides is 2. The summed E-state index contributed by atoms with van der Waals surface area (Å²) in [6, 6.07) is 12.3. The van der Waals surface area contributed by atoms with Crippen molar-refractivity contribution in [1.29, 1.82) is 0 Å². The van der Waals surface area contributed by atoms with E-state index in [2.05, 4.69) is 21.2 Å². The standard InChI is InChI=1S/C22H26BrClN2O3/c1-14(2)25-22(28)16(4)26(12-17-8-6-5-7-15(17)3)21(27)13-29-20-10-9-18(23)11-19(20)24/h5-11,14,16H,12-13H2,1-4H3,(H,25,28)/t16-/m1/s1. The highest BCUT2D eigenvalue weighted by Gasteiger charge is 2.27. The van der Waals surface area contributed by atoms with Crippen LogP contribution in [0.25, 0.3) is 0 Å². The minimum Gasteiger partial charge on any atom is -0.482 e. The van der Waals surface area contributed by atoms with Crippen molar-refractivity contribution in [3.63, 3.8) is 0 Å². The van der Waals surface area contributed by atoms with E-state index in [9.17, 15) is 9.59 Å². The van der Waals surface area contributed by atoms with E-state index < -0.39 is 6.04 Å². The van der Waals surface area contributed by atoms with E-state index in [4.69, 9.17) is 16.3 Å². The van der Waals surface area contributed by atoms with Crippen LogP contribution in [-0.2, 0) is 16.1 Å². The van der Waals surface area contributed by atoms with E-state index in [-0.39, 0.29) is 24.5 Å². The monoisotopic (exact) mass is 480 g/mol. The Labute approximate surface area is 185 Å². The quantitative estimate of drug-likeness (QED) is 0.593. The summed E-state index contributed by atoms with van der Waals surface area (Å²) in [6.45, 7) is 7.57. The molecule has 0 aliphatic heterocycles. The molecule has 7 heteroatoms. The zero-order valence-electron chi connectivity index (χ0n) is 17.0. The number of halogens is 2. The molecular weight excluding hydrogens is 456 g/mol. The maximum absolute atomic E-state index is 13.0. The molecule has 0 unspecified atom stereocenters. The Kier molecular flexibility index (Phi) is 8.53. The van der Waals surface area contributed by atoms with E-state index in [1.165, 1.54) is 4.90 Å². The van der Waals surface area contributed by atoms with Gasteiger partial charge in [-0.3, -0.25) is 9.59 Å². The highest BCUT2D eigenvalue weighted by atomic mass is 79.9. The van der Waals surface area contributed by atoms with Crippen LogP contribution >= 0.6 is 27.5 Å². The van der Waals surface area contributed by atoms with E-state index in [1.807, 2.05) is 45.0 Å². The molecule has 156 valence electrons. The van der Waals surface area contributed by atoms with Crippen molar-refractivity contribution in [3.05, 3.63) is 63.1 Å². The Morgan fingerprint density at radius 3 is 2.48 bits per heavy atom. The molecule has 0 fully saturated rings. The molecule has 2 amide bonds. The summed E-state index contributed by atoms with van der Waals surface area (Å²) in [5, 5.41) is 3.27. The van der Waals surface area contributed by atoms with Crippen molar-refractivity contribution < 1.29 is 14.3 Å². The van der Waals surface area contributed by atoms with Crippen molar-refractivity contribution in [2.24, 2.45) is 0 Å². The molecule has 5 nitrogen and oxygen atoms in total. The van der Waals surface area contributed by atoms with Gasteiger partial charge in [0.25, 0.3) is 5.91 Å². The van der Waals surface area contributed by atoms with Crippen LogP contribution in [-0.4, -0.2) is 35.4 Å². The maximum atomic E-state index is 13.0. The summed E-state index contributed by atoms with van der Waals surface area (Å²) >= 11 is 9.51. The third-order valence-corrected chi connectivity index (χ3v) is 5.23. The number of rotatable bonds is 8. The molecule has 2 aromatic rings. The van der Waals surface area contributed by atoms with Crippen LogP contribution in [0, 0.1) is 6.92 Å². The van der Waals surface area contributed by atoms with Crippen molar-refractivity contribution in [3.8, 4) is 5.75 Å². The predicted molar refractivity (Wildman–Crippen MR) is 119 cm³/mol. The van der Waals surface area contributed by atoms with Crippen LogP contribution in [0.15, 0.2) is 46.9 Å². The number of hydrogen-bond donors (Lipinski definition) is 1. The van der Waals surface area contributed by atoms with Gasteiger partial charge in [0, 0.05) is 17.1 Å². The van der Waals surface area contributed by atoms with Crippen LogP contribution in [0.3, 0.4) is 0 Å². The number of benzene rings is 2. The molecule has 0 aliphatic carbocycles. The Bertz CT molecular complexity index is 873. The zero-order valence-corrected chi connectivity index (χ0v) is 19.4. The third-order valence-electron chi connectivity index (χ3n) is 4.45. The van der Waals surface area contributed by atoms with Gasteiger partial charge in [0.2, 0.25) is 5.91 Å². The van der Waals surface area contributed by atoms with Crippen molar-refractivity contribution in [2.45, 2.75) is 46.3 Å². The van der Waals surface area contributed by atoms with E-state index in [0.717, 1.165) is 15.6 Å². The first-order chi connectivity index (χ1) is 13.7. The molecule has 0 bridgehead atoms. The van der Waals surface area contributed by atoms with Crippen molar-refractivity contribution in [2.75, 3.05) is 6.61 Å². The number of ether oxygens (including phenoxy) is 1. The van der Waals surface area contributed by atoms with Gasteiger partial charge in [0.1, 0.15) is 11.8 Å². The van der Waals surface area contributed by atoms with Crippen LogP contribution in [0.4, 0.5) is 0 Å². The molecule has 0 saturated carbocycles. The number of carbonyl (C=O) groups is 2. The zero-order chi connectivity index (χ0) is 21.6. The van der Waals surface area contributed by atoms with Gasteiger partial charge in [-0.15, -0.1) is 0 Å². The van der Waals surface area contributed by atoms with Crippen LogP contribution < -0.4 is 10.1 Å². The lowest BCUT2D eigenvalue weighted by Crippen LogP contribution is -2.50. The molecule has 0 spiro atoms. The van der Waals surface area contributed by atoms with E-state index in [0.29, 0.717) is 17.3 Å². The van der Waals surface area contributed by atoms with E-state index in [1.54, 1.807) is 25.1 Å². The highest BCUT2D eigenvalue weighted by molar-refractivity contribution is 9.10. The lowest BCUT2D eigenvalue weighted by atomic mass is 10.1. The van der Waals surface area contributed by atoms with Gasteiger partial charge in [-0.25, -0.2) is 0 Å². The number of nitrogens with one attached hydrogen (secondary N) is 1. The van der Waals surface area contributed by atoms with Gasteiger partial charge in [0.05, 0.1) is 5.02 Å². The Morgan fingerprint density at radius 2 is 1.86 bits per heavy atom. The van der Waals surface area contributed by atoms with Gasteiger partial charge >= 0.3 is 0 Å². The molecular formula is C22H26BrClN2O3. The molecule has 0 saturated heterocycles. The normalized spacial score (nSPS) is 11.8. The molecule has 0 heterocycles. The largest absolute Gasteiger partial charge is 0.482 e. The minimum absolute atomic E-state index is 0.0156. The summed E-state index contributed by atoms with van der Waals surface area (Å²) < 4.78 is 6.46. The maximum Gasteiger partial charge on any atom is 0.261 e. The second-order valence-corrected chi connectivity index (χ2v) is 8.47. The number of aryl methyl sites for hydroxylation is 1. The molecule has 29 heavy (non-hydrogen) atoms. The van der Waals surface area contributed by atoms with Crippen molar-refractivity contribution in [1.82, 2.24) is 10.2 Å². The summed E-state index contributed by atoms with van der Waals surface area (Å²) in [7, 11) is 0. The predicted octanol–water partition coefficient (Wildman–Crippen LogP) is 4.73. The number of hydrogen-bond acceptors (Lipinski definition) is 3. The fourth-order valence-electron chi connectivity index (χ4n) is 2.77. The Balaban J connectivity index is 2.19. The minimum atomic E-state index is -0.645. The fraction of sp³-hybridized carbons (Fsp3) is 0.364. The second kappa shape index (κ2) is 10.6. The van der Waals surface area contributed by atoms with Gasteiger partial charge < -0.3 is 15.0 Å². The molecule has 1 N–H and O–H groups in total. The van der Waals surface area contributed by atoms with Gasteiger partial charge in [-0.05, 0) is 57.0 Å². The average Bonchev–Trinajstić information content (AvgIpc) is 2.65. The fourth-order valence-corrected chi connectivity index (χ4v) is 3.50. The lowest BCUT2D eigenvalue weighted by Gasteiger charge is -2.29. The van der Waals surface area contributed by atoms with Crippen LogP contribution in [0.5, 0.6) is 5.75 Å². The second-order valence-electron chi connectivity index (χ2n) is 7.15. The number of carbonyl (C=O) groups excluding carboxylic acids is 2. The van der Waals surface area contributed by atoms with Crippen molar-refractivity contribution >= 4 is 39.3 Å². The molecule has 0 aliphatic rings. The van der Waals surface area contributed by atoms with Gasteiger partial charge in [0.15, 0.2) is 6.61 Å². The summed E-state index contributed by atoms with van der Waals surface area (Å²) in [5.74, 6) is -0.0828. The van der Waals surface area contributed by atoms with Crippen LogP contribution in [0.2, 0.25) is 5.02 Å². The summed E-state index contributed by atoms with van der Waals surface area (Å²) in [6.07, 6.45) is 0. The number of nitrogens with zero attached hydrogens (tertiary/aromatic N) is 1. The molecule has 2 rings (SSSR count). The van der Waals surface area contributed by atoms with E-state index >= 15 is 0 Å². The molecule has 1 atom stereocenters. The Morgan fingerprint density at radius 1 is 1.17 bits per heavy atom. The van der Waals surface area contributed by atoms with Gasteiger partial charge in [-0.2, -0.15) is 0 Å². The smallest absolute Gasteiger partial charge is 0.261 e. The first-order valence-corrected chi connectivity index (χ1v) is 10.6. The third kappa shape index (κ3) is 6.75. The van der Waals surface area contributed by atoms with Crippen LogP contribution in [0.1, 0.15) is 31.9 Å². The topological polar surface area (TPSA) is 58.6 Å². The summed E-state index contributed by atoms with van der Waals surface area (Å²) in [4.78, 5) is 27.1. The molecule has 0 aromatic heterocycles. The molecule has 2 aromatic carbocycles. The van der Waals surface area contributed by atoms with Gasteiger partial charge in [-0.1, -0.05) is 51.8 Å². The lowest BCUT2D eigenvalue weighted by molar-refractivity contribution is -0.142. The first-order valence-electron chi connectivity index (χ1n) is 9.41.